The Morgan fingerprint density at radius 1 is 1.20 bits per heavy atom. The third-order valence-electron chi connectivity index (χ3n) is 4.33. The van der Waals surface area contributed by atoms with Crippen molar-refractivity contribution in [1.82, 2.24) is 0 Å². The molecule has 0 spiro atoms. The molecule has 0 bridgehead atoms. The second-order valence-corrected chi connectivity index (χ2v) is 5.63. The lowest BCUT2D eigenvalue weighted by Crippen LogP contribution is -2.41. The fourth-order valence-electron chi connectivity index (χ4n) is 3.01. The van der Waals surface area contributed by atoms with Gasteiger partial charge in [-0.3, -0.25) is 0 Å². The molecule has 0 aromatic heterocycles. The van der Waals surface area contributed by atoms with Crippen molar-refractivity contribution in [2.24, 2.45) is 0 Å². The summed E-state index contributed by atoms with van der Waals surface area (Å²) in [6, 6.07) is 5.88. The molecule has 2 rings (SSSR count). The monoisotopic (exact) mass is 343 g/mol. The Morgan fingerprint density at radius 3 is 2.28 bits per heavy atom. The maximum Gasteiger partial charge on any atom is 0.348 e. The van der Waals surface area contributed by atoms with Crippen LogP contribution in [0.1, 0.15) is 26.3 Å². The third-order valence-corrected chi connectivity index (χ3v) is 4.33. The highest BCUT2D eigenvalue weighted by Crippen LogP contribution is 2.39. The Hall–Kier alpha value is -2.68. The minimum absolute atomic E-state index is 0.0358. The van der Waals surface area contributed by atoms with Crippen LogP contribution in [0.5, 0.6) is 5.75 Å². The van der Waals surface area contributed by atoms with Crippen LogP contribution in [0.3, 0.4) is 0 Å². The quantitative estimate of drug-likeness (QED) is 0.449. The molecule has 6 heteroatoms. The molecule has 0 fully saturated rings. The van der Waals surface area contributed by atoms with Gasteiger partial charge in [-0.15, -0.1) is 0 Å². The molecule has 1 heterocycles. The van der Waals surface area contributed by atoms with Crippen molar-refractivity contribution in [3.63, 3.8) is 0 Å². The van der Waals surface area contributed by atoms with Crippen LogP contribution in [0.2, 0.25) is 0 Å². The van der Waals surface area contributed by atoms with Gasteiger partial charge in [0.15, 0.2) is 0 Å². The van der Waals surface area contributed by atoms with E-state index < -0.39 is 5.97 Å². The summed E-state index contributed by atoms with van der Waals surface area (Å²) in [6.07, 6.45) is 1.54. The Morgan fingerprint density at radius 2 is 1.80 bits per heavy atom. The minimum Gasteiger partial charge on any atom is -0.496 e. The first-order chi connectivity index (χ1) is 12.1. The summed E-state index contributed by atoms with van der Waals surface area (Å²) in [5, 5.41) is 9.29. The van der Waals surface area contributed by atoms with E-state index in [1.165, 1.54) is 6.08 Å². The average molecular weight is 343 g/mol. The van der Waals surface area contributed by atoms with E-state index in [0.717, 1.165) is 37.6 Å². The molecule has 0 atom stereocenters. The lowest BCUT2D eigenvalue weighted by Gasteiger charge is -2.38. The topological polar surface area (TPSA) is 65.8 Å². The van der Waals surface area contributed by atoms with E-state index >= 15 is 0 Å². The fourth-order valence-corrected chi connectivity index (χ4v) is 3.01. The predicted molar refractivity (Wildman–Crippen MR) is 99.0 cm³/mol. The lowest BCUT2D eigenvalue weighted by atomic mass is 10.0. The Labute approximate surface area is 149 Å². The molecule has 0 radical (unpaired) electrons. The summed E-state index contributed by atoms with van der Waals surface area (Å²) in [6.45, 7) is 9.89. The van der Waals surface area contributed by atoms with E-state index in [2.05, 4.69) is 23.6 Å². The molecular formula is C19H25N3O3. The SMILES string of the molecule is CCOC(=O)/C(C#N)=C\c1cc2c(cc1OC)N(CC)CCN2CC. The number of carbonyl (C=O) groups is 1. The molecule has 25 heavy (non-hydrogen) atoms. The highest BCUT2D eigenvalue weighted by atomic mass is 16.5. The van der Waals surface area contributed by atoms with Crippen LogP contribution in [-0.4, -0.2) is 45.9 Å². The van der Waals surface area contributed by atoms with Gasteiger partial charge in [0.1, 0.15) is 17.4 Å². The van der Waals surface area contributed by atoms with Crippen LogP contribution < -0.4 is 14.5 Å². The van der Waals surface area contributed by atoms with Gasteiger partial charge in [-0.1, -0.05) is 0 Å². The van der Waals surface area contributed by atoms with Crippen molar-refractivity contribution in [3.8, 4) is 11.8 Å². The number of rotatable bonds is 6. The molecule has 6 nitrogen and oxygen atoms in total. The van der Waals surface area contributed by atoms with Gasteiger partial charge in [-0.2, -0.15) is 5.26 Å². The van der Waals surface area contributed by atoms with E-state index in [1.807, 2.05) is 18.2 Å². The van der Waals surface area contributed by atoms with E-state index in [0.29, 0.717) is 11.3 Å². The number of carbonyl (C=O) groups excluding carboxylic acids is 1. The number of likely N-dealkylation sites (N-methyl/N-ethyl adjacent to an activating group) is 2. The highest BCUT2D eigenvalue weighted by molar-refractivity contribution is 5.98. The minimum atomic E-state index is -0.618. The van der Waals surface area contributed by atoms with Crippen molar-refractivity contribution in [2.45, 2.75) is 20.8 Å². The first kappa shape index (κ1) is 18.7. The maximum absolute atomic E-state index is 11.9. The maximum atomic E-state index is 11.9. The smallest absolute Gasteiger partial charge is 0.348 e. The van der Waals surface area contributed by atoms with Gasteiger partial charge in [0.25, 0.3) is 0 Å². The zero-order chi connectivity index (χ0) is 18.4. The number of hydrogen-bond donors (Lipinski definition) is 0. The molecule has 1 aromatic rings. The predicted octanol–water partition coefficient (Wildman–Crippen LogP) is 2.83. The number of nitriles is 1. The summed E-state index contributed by atoms with van der Waals surface area (Å²) < 4.78 is 10.4. The standard InChI is InChI=1S/C19H25N3O3/c1-5-21-8-9-22(6-2)17-12-18(24-4)14(11-16(17)21)10-15(13-20)19(23)25-7-3/h10-12H,5-9H2,1-4H3/b15-10-. The molecule has 0 saturated heterocycles. The fraction of sp³-hybridized carbons (Fsp3) is 0.474. The van der Waals surface area contributed by atoms with Crippen molar-refractivity contribution in [3.05, 3.63) is 23.3 Å². The second-order valence-electron chi connectivity index (χ2n) is 5.63. The van der Waals surface area contributed by atoms with E-state index in [9.17, 15) is 10.1 Å². The molecular weight excluding hydrogens is 318 g/mol. The number of ether oxygens (including phenoxy) is 2. The summed E-state index contributed by atoms with van der Waals surface area (Å²) in [4.78, 5) is 16.5. The van der Waals surface area contributed by atoms with Gasteiger partial charge in [0.05, 0.1) is 25.1 Å². The number of anilines is 2. The number of hydrogen-bond acceptors (Lipinski definition) is 6. The highest BCUT2D eigenvalue weighted by Gasteiger charge is 2.23. The van der Waals surface area contributed by atoms with Crippen LogP contribution in [0.15, 0.2) is 17.7 Å². The van der Waals surface area contributed by atoms with Crippen molar-refractivity contribution in [1.29, 1.82) is 5.26 Å². The number of nitrogens with zero attached hydrogens (tertiary/aromatic N) is 3. The Kier molecular flexibility index (Phi) is 6.29. The zero-order valence-corrected chi connectivity index (χ0v) is 15.3. The van der Waals surface area contributed by atoms with Gasteiger partial charge in [0.2, 0.25) is 0 Å². The summed E-state index contributed by atoms with van der Waals surface area (Å²) in [5.74, 6) is 0.0134. The van der Waals surface area contributed by atoms with Gasteiger partial charge in [-0.25, -0.2) is 4.79 Å². The first-order valence-corrected chi connectivity index (χ1v) is 8.60. The van der Waals surface area contributed by atoms with Crippen molar-refractivity contribution >= 4 is 23.4 Å². The molecule has 0 unspecified atom stereocenters. The van der Waals surface area contributed by atoms with Crippen LogP contribution in [0.4, 0.5) is 11.4 Å². The number of fused-ring (bicyclic) bond motifs is 1. The zero-order valence-electron chi connectivity index (χ0n) is 15.3. The second kappa shape index (κ2) is 8.43. The van der Waals surface area contributed by atoms with Crippen LogP contribution in [0.25, 0.3) is 6.08 Å². The van der Waals surface area contributed by atoms with Gasteiger partial charge in [0, 0.05) is 37.8 Å². The largest absolute Gasteiger partial charge is 0.496 e. The van der Waals surface area contributed by atoms with E-state index in [1.54, 1.807) is 14.0 Å². The molecule has 134 valence electrons. The van der Waals surface area contributed by atoms with Gasteiger partial charge < -0.3 is 19.3 Å². The number of esters is 1. The van der Waals surface area contributed by atoms with Gasteiger partial charge in [-0.05, 0) is 32.9 Å². The summed E-state index contributed by atoms with van der Waals surface area (Å²) in [5.41, 5.74) is 2.86. The molecule has 0 aliphatic carbocycles. The lowest BCUT2D eigenvalue weighted by molar-refractivity contribution is -0.137. The molecule has 0 saturated carbocycles. The third kappa shape index (κ3) is 3.87. The van der Waals surface area contributed by atoms with Crippen LogP contribution in [-0.2, 0) is 9.53 Å². The molecule has 1 aliphatic rings. The van der Waals surface area contributed by atoms with Crippen molar-refractivity contribution < 1.29 is 14.3 Å². The average Bonchev–Trinajstić information content (AvgIpc) is 2.64. The van der Waals surface area contributed by atoms with E-state index in [-0.39, 0.29) is 12.2 Å². The summed E-state index contributed by atoms with van der Waals surface area (Å²) in [7, 11) is 1.59. The normalized spacial score (nSPS) is 14.0. The van der Waals surface area contributed by atoms with Crippen LogP contribution >= 0.6 is 0 Å². The van der Waals surface area contributed by atoms with Crippen molar-refractivity contribution in [2.75, 3.05) is 49.7 Å². The molecule has 0 amide bonds. The summed E-state index contributed by atoms with van der Waals surface area (Å²) >= 11 is 0. The molecule has 1 aromatic carbocycles. The van der Waals surface area contributed by atoms with E-state index in [4.69, 9.17) is 9.47 Å². The molecule has 0 N–H and O–H groups in total. The van der Waals surface area contributed by atoms with Gasteiger partial charge >= 0.3 is 5.97 Å². The Balaban J connectivity index is 2.56. The van der Waals surface area contributed by atoms with Crippen LogP contribution in [0, 0.1) is 11.3 Å². The number of benzene rings is 1. The first-order valence-electron chi connectivity index (χ1n) is 8.60. The Bertz CT molecular complexity index is 707. The molecule has 1 aliphatic heterocycles. The number of methoxy groups -OCH3 is 1.